The topological polar surface area (TPSA) is 52.4 Å². The number of ether oxygens (including phenoxy) is 1. The molecule has 7 heteroatoms. The molecule has 0 heterocycles. The lowest BCUT2D eigenvalue weighted by Crippen LogP contribution is -2.09. The van der Waals surface area contributed by atoms with Gasteiger partial charge in [0.1, 0.15) is 5.75 Å². The van der Waals surface area contributed by atoms with Gasteiger partial charge in [-0.2, -0.15) is 13.2 Å². The Balaban J connectivity index is 2.43. The summed E-state index contributed by atoms with van der Waals surface area (Å²) in [6.45, 7) is 0. The van der Waals surface area contributed by atoms with Crippen molar-refractivity contribution in [2.24, 2.45) is 0 Å². The minimum atomic E-state index is -4.47. The van der Waals surface area contributed by atoms with Gasteiger partial charge in [-0.25, -0.2) is 0 Å². The van der Waals surface area contributed by atoms with Crippen LogP contribution >= 0.6 is 0 Å². The van der Waals surface area contributed by atoms with Gasteiger partial charge < -0.3 is 4.74 Å². The Hall–Kier alpha value is -2.57. The third kappa shape index (κ3) is 3.55. The predicted molar refractivity (Wildman–Crippen MR) is 73.9 cm³/mol. The number of non-ortho nitro benzene ring substituents is 1. The van der Waals surface area contributed by atoms with E-state index in [0.717, 1.165) is 6.07 Å². The summed E-state index contributed by atoms with van der Waals surface area (Å²) in [4.78, 5) is 10.3. The third-order valence-electron chi connectivity index (χ3n) is 3.11. The molecule has 2 rings (SSSR count). The number of hydrogen-bond acceptors (Lipinski definition) is 3. The monoisotopic (exact) mass is 311 g/mol. The highest BCUT2D eigenvalue weighted by molar-refractivity contribution is 5.45. The standard InChI is InChI=1S/C15H12F3NO3/c1-22-13-8-10(7-12(9-13)19(20)21)6-11-4-2-3-5-14(11)15(16,17)18/h2-5,7-9H,6H2,1H3. The van der Waals surface area contributed by atoms with Gasteiger partial charge in [0, 0.05) is 6.07 Å². The average molecular weight is 311 g/mol. The summed E-state index contributed by atoms with van der Waals surface area (Å²) < 4.78 is 43.9. The molecule has 0 aliphatic carbocycles. The van der Waals surface area contributed by atoms with E-state index in [0.29, 0.717) is 5.56 Å². The first-order valence-electron chi connectivity index (χ1n) is 6.28. The van der Waals surface area contributed by atoms with Crippen molar-refractivity contribution in [2.75, 3.05) is 7.11 Å². The molecule has 0 N–H and O–H groups in total. The van der Waals surface area contributed by atoms with Crippen LogP contribution in [0.2, 0.25) is 0 Å². The first-order chi connectivity index (χ1) is 10.3. The van der Waals surface area contributed by atoms with Crippen molar-refractivity contribution in [3.8, 4) is 5.75 Å². The highest BCUT2D eigenvalue weighted by Gasteiger charge is 2.32. The second-order valence-corrected chi connectivity index (χ2v) is 4.63. The summed E-state index contributed by atoms with van der Waals surface area (Å²) in [5.74, 6) is 0.230. The Bertz CT molecular complexity index is 699. The summed E-state index contributed by atoms with van der Waals surface area (Å²) in [6, 6.07) is 9.10. The molecule has 0 fully saturated rings. The molecule has 0 spiro atoms. The van der Waals surface area contributed by atoms with Crippen molar-refractivity contribution in [3.63, 3.8) is 0 Å². The zero-order chi connectivity index (χ0) is 16.3. The number of rotatable bonds is 4. The summed E-state index contributed by atoms with van der Waals surface area (Å²) in [5, 5.41) is 10.9. The Morgan fingerprint density at radius 2 is 1.86 bits per heavy atom. The molecule has 0 saturated heterocycles. The van der Waals surface area contributed by atoms with E-state index in [4.69, 9.17) is 4.74 Å². The van der Waals surface area contributed by atoms with Crippen LogP contribution in [0.15, 0.2) is 42.5 Å². The normalized spacial score (nSPS) is 11.3. The summed E-state index contributed by atoms with van der Waals surface area (Å²) in [7, 11) is 1.34. The highest BCUT2D eigenvalue weighted by Crippen LogP contribution is 2.33. The molecule has 0 amide bonds. The molecule has 0 atom stereocenters. The smallest absolute Gasteiger partial charge is 0.416 e. The first-order valence-corrected chi connectivity index (χ1v) is 6.28. The molecule has 0 aromatic heterocycles. The van der Waals surface area contributed by atoms with Crippen LogP contribution in [0.4, 0.5) is 18.9 Å². The van der Waals surface area contributed by atoms with Gasteiger partial charge in [-0.05, 0) is 29.7 Å². The fourth-order valence-corrected chi connectivity index (χ4v) is 2.14. The van der Waals surface area contributed by atoms with Crippen molar-refractivity contribution in [2.45, 2.75) is 12.6 Å². The minimum Gasteiger partial charge on any atom is -0.496 e. The lowest BCUT2D eigenvalue weighted by atomic mass is 9.99. The van der Waals surface area contributed by atoms with Crippen molar-refractivity contribution in [3.05, 3.63) is 69.3 Å². The summed E-state index contributed by atoms with van der Waals surface area (Å²) in [6.07, 6.45) is -4.55. The Morgan fingerprint density at radius 1 is 1.18 bits per heavy atom. The summed E-state index contributed by atoms with van der Waals surface area (Å²) in [5.41, 5.74) is -0.542. The molecule has 0 radical (unpaired) electrons. The molecule has 0 aliphatic heterocycles. The Labute approximate surface area is 124 Å². The molecular weight excluding hydrogens is 299 g/mol. The Kier molecular flexibility index (Phi) is 4.35. The molecule has 0 bridgehead atoms. The maximum atomic E-state index is 13.0. The molecule has 0 aliphatic rings. The van der Waals surface area contributed by atoms with Crippen LogP contribution in [0, 0.1) is 10.1 Å². The molecule has 0 saturated carbocycles. The van der Waals surface area contributed by atoms with Crippen molar-refractivity contribution >= 4 is 5.69 Å². The number of nitro groups is 1. The van der Waals surface area contributed by atoms with Crippen molar-refractivity contribution in [1.82, 2.24) is 0 Å². The van der Waals surface area contributed by atoms with Crippen LogP contribution in [0.25, 0.3) is 0 Å². The van der Waals surface area contributed by atoms with E-state index in [1.54, 1.807) is 0 Å². The van der Waals surface area contributed by atoms with Gasteiger partial charge in [-0.3, -0.25) is 10.1 Å². The second kappa shape index (κ2) is 6.05. The van der Waals surface area contributed by atoms with Gasteiger partial charge in [0.05, 0.1) is 23.7 Å². The van der Waals surface area contributed by atoms with Crippen LogP contribution in [-0.4, -0.2) is 12.0 Å². The summed E-state index contributed by atoms with van der Waals surface area (Å²) >= 11 is 0. The average Bonchev–Trinajstić information content (AvgIpc) is 2.46. The van der Waals surface area contributed by atoms with Gasteiger partial charge >= 0.3 is 6.18 Å². The van der Waals surface area contributed by atoms with E-state index in [2.05, 4.69) is 0 Å². The van der Waals surface area contributed by atoms with Crippen LogP contribution in [0.3, 0.4) is 0 Å². The van der Waals surface area contributed by atoms with Crippen molar-refractivity contribution in [1.29, 1.82) is 0 Å². The van der Waals surface area contributed by atoms with Gasteiger partial charge in [-0.15, -0.1) is 0 Å². The van der Waals surface area contributed by atoms with Gasteiger partial charge in [0.2, 0.25) is 0 Å². The fraction of sp³-hybridized carbons (Fsp3) is 0.200. The van der Waals surface area contributed by atoms with Crippen LogP contribution < -0.4 is 4.74 Å². The van der Waals surface area contributed by atoms with E-state index >= 15 is 0 Å². The van der Waals surface area contributed by atoms with Gasteiger partial charge in [-0.1, -0.05) is 18.2 Å². The van der Waals surface area contributed by atoms with Crippen molar-refractivity contribution < 1.29 is 22.8 Å². The van der Waals surface area contributed by atoms with Crippen LogP contribution in [-0.2, 0) is 12.6 Å². The quantitative estimate of drug-likeness (QED) is 0.627. The number of nitrogens with zero attached hydrogens (tertiary/aromatic N) is 1. The van der Waals surface area contributed by atoms with Gasteiger partial charge in [0.25, 0.3) is 5.69 Å². The lowest BCUT2D eigenvalue weighted by Gasteiger charge is -2.13. The van der Waals surface area contributed by atoms with Gasteiger partial charge in [0.15, 0.2) is 0 Å². The molecule has 4 nitrogen and oxygen atoms in total. The molecule has 116 valence electrons. The number of alkyl halides is 3. The SMILES string of the molecule is COc1cc(Cc2ccccc2C(F)(F)F)cc([N+](=O)[O-])c1. The first kappa shape index (κ1) is 15.8. The molecule has 2 aromatic carbocycles. The minimum absolute atomic E-state index is 0.0533. The number of benzene rings is 2. The fourth-order valence-electron chi connectivity index (χ4n) is 2.14. The molecule has 2 aromatic rings. The third-order valence-corrected chi connectivity index (χ3v) is 3.11. The largest absolute Gasteiger partial charge is 0.496 e. The number of halogens is 3. The Morgan fingerprint density at radius 3 is 2.45 bits per heavy atom. The predicted octanol–water partition coefficient (Wildman–Crippen LogP) is 4.21. The van der Waals surface area contributed by atoms with E-state index in [9.17, 15) is 23.3 Å². The maximum Gasteiger partial charge on any atom is 0.416 e. The van der Waals surface area contributed by atoms with Crippen LogP contribution in [0.1, 0.15) is 16.7 Å². The molecular formula is C15H12F3NO3. The van der Waals surface area contributed by atoms with E-state index < -0.39 is 16.7 Å². The second-order valence-electron chi connectivity index (χ2n) is 4.63. The zero-order valence-electron chi connectivity index (χ0n) is 11.6. The maximum absolute atomic E-state index is 13.0. The number of nitro benzene ring substituents is 1. The number of methoxy groups -OCH3 is 1. The number of hydrogen-bond donors (Lipinski definition) is 0. The van der Waals surface area contributed by atoms with E-state index in [-0.39, 0.29) is 23.4 Å². The van der Waals surface area contributed by atoms with E-state index in [1.165, 1.54) is 43.5 Å². The molecule has 0 unspecified atom stereocenters. The van der Waals surface area contributed by atoms with Crippen LogP contribution in [0.5, 0.6) is 5.75 Å². The van der Waals surface area contributed by atoms with E-state index in [1.807, 2.05) is 0 Å². The molecule has 22 heavy (non-hydrogen) atoms. The lowest BCUT2D eigenvalue weighted by molar-refractivity contribution is -0.385. The highest BCUT2D eigenvalue weighted by atomic mass is 19.4. The zero-order valence-corrected chi connectivity index (χ0v) is 11.6.